The van der Waals surface area contributed by atoms with E-state index in [1.807, 2.05) is 30.3 Å². The van der Waals surface area contributed by atoms with Gasteiger partial charge in [0.2, 0.25) is 5.95 Å². The maximum Gasteiger partial charge on any atom is 0.337 e. The van der Waals surface area contributed by atoms with Crippen molar-refractivity contribution >= 4 is 34.3 Å². The highest BCUT2D eigenvalue weighted by atomic mass is 16.5. The molecule has 0 spiro atoms. The molecule has 0 radical (unpaired) electrons. The zero-order chi connectivity index (χ0) is 17.9. The van der Waals surface area contributed by atoms with E-state index in [0.717, 1.165) is 35.5 Å². The van der Waals surface area contributed by atoms with Crippen LogP contribution in [0.25, 0.3) is 10.9 Å². The molecule has 132 valence electrons. The number of ether oxygens (including phenoxy) is 1. The van der Waals surface area contributed by atoms with Crippen molar-refractivity contribution in [1.82, 2.24) is 9.97 Å². The van der Waals surface area contributed by atoms with Crippen molar-refractivity contribution < 1.29 is 9.53 Å². The SMILES string of the molecule is COC(=O)c1ccc(Nc2nc(N3CCCC3)c3ccccc3n2)cc1. The lowest BCUT2D eigenvalue weighted by Crippen LogP contribution is -2.20. The van der Waals surface area contributed by atoms with E-state index >= 15 is 0 Å². The lowest BCUT2D eigenvalue weighted by atomic mass is 10.2. The Bertz CT molecular complexity index is 934. The maximum atomic E-state index is 11.5. The van der Waals surface area contributed by atoms with Gasteiger partial charge in [-0.2, -0.15) is 4.98 Å². The van der Waals surface area contributed by atoms with Crippen LogP contribution in [0.4, 0.5) is 17.5 Å². The predicted octanol–water partition coefficient (Wildman–Crippen LogP) is 3.76. The van der Waals surface area contributed by atoms with E-state index in [9.17, 15) is 4.79 Å². The molecule has 0 unspecified atom stereocenters. The first-order chi connectivity index (χ1) is 12.7. The van der Waals surface area contributed by atoms with E-state index in [1.165, 1.54) is 20.0 Å². The molecule has 1 saturated heterocycles. The Morgan fingerprint density at radius 2 is 1.77 bits per heavy atom. The number of hydrogen-bond acceptors (Lipinski definition) is 6. The van der Waals surface area contributed by atoms with Crippen molar-refractivity contribution in [3.63, 3.8) is 0 Å². The van der Waals surface area contributed by atoms with Gasteiger partial charge in [-0.15, -0.1) is 0 Å². The summed E-state index contributed by atoms with van der Waals surface area (Å²) in [5.41, 5.74) is 2.24. The summed E-state index contributed by atoms with van der Waals surface area (Å²) in [6, 6.07) is 15.1. The number of esters is 1. The van der Waals surface area contributed by atoms with Crippen LogP contribution in [0, 0.1) is 0 Å². The quantitative estimate of drug-likeness (QED) is 0.724. The number of hydrogen-bond donors (Lipinski definition) is 1. The van der Waals surface area contributed by atoms with Crippen LogP contribution in [0.15, 0.2) is 48.5 Å². The summed E-state index contributed by atoms with van der Waals surface area (Å²) in [5, 5.41) is 4.31. The molecule has 0 atom stereocenters. The standard InChI is InChI=1S/C20H20N4O2/c1-26-19(25)14-8-10-15(11-9-14)21-20-22-17-7-3-2-6-16(17)18(23-20)24-12-4-5-13-24/h2-3,6-11H,4-5,12-13H2,1H3,(H,21,22,23). The molecule has 2 aromatic carbocycles. The Kier molecular flexibility index (Phi) is 4.39. The fourth-order valence-electron chi connectivity index (χ4n) is 3.22. The molecule has 6 nitrogen and oxygen atoms in total. The van der Waals surface area contributed by atoms with Gasteiger partial charge in [0.05, 0.1) is 18.2 Å². The summed E-state index contributed by atoms with van der Waals surface area (Å²) in [7, 11) is 1.37. The number of carbonyl (C=O) groups excluding carboxylic acids is 1. The number of para-hydroxylation sites is 1. The molecule has 0 amide bonds. The van der Waals surface area contributed by atoms with Gasteiger partial charge < -0.3 is 15.0 Å². The molecule has 6 heteroatoms. The molecule has 4 rings (SSSR count). The molecule has 1 N–H and O–H groups in total. The number of methoxy groups -OCH3 is 1. The smallest absolute Gasteiger partial charge is 0.337 e. The number of anilines is 3. The lowest BCUT2D eigenvalue weighted by Gasteiger charge is -2.19. The highest BCUT2D eigenvalue weighted by molar-refractivity contribution is 5.91. The third-order valence-corrected chi connectivity index (χ3v) is 4.55. The number of carbonyl (C=O) groups is 1. The van der Waals surface area contributed by atoms with E-state index in [1.54, 1.807) is 12.1 Å². The Balaban J connectivity index is 1.67. The number of rotatable bonds is 4. The summed E-state index contributed by atoms with van der Waals surface area (Å²) in [5.74, 6) is 1.17. The van der Waals surface area contributed by atoms with Crippen molar-refractivity contribution in [3.05, 3.63) is 54.1 Å². The van der Waals surface area contributed by atoms with Crippen molar-refractivity contribution in [2.75, 3.05) is 30.4 Å². The van der Waals surface area contributed by atoms with Crippen LogP contribution in [0.5, 0.6) is 0 Å². The molecule has 3 aromatic rings. The Hall–Kier alpha value is -3.15. The molecule has 1 aliphatic rings. The summed E-state index contributed by atoms with van der Waals surface area (Å²) in [6.07, 6.45) is 2.38. The minimum absolute atomic E-state index is 0.352. The van der Waals surface area contributed by atoms with Gasteiger partial charge in [-0.05, 0) is 49.2 Å². The average Bonchev–Trinajstić information content (AvgIpc) is 3.22. The van der Waals surface area contributed by atoms with Gasteiger partial charge in [0.25, 0.3) is 0 Å². The number of fused-ring (bicyclic) bond motifs is 1. The number of aromatic nitrogens is 2. The number of nitrogens with zero attached hydrogens (tertiary/aromatic N) is 3. The molecule has 26 heavy (non-hydrogen) atoms. The number of benzene rings is 2. The topological polar surface area (TPSA) is 67.3 Å². The van der Waals surface area contributed by atoms with Gasteiger partial charge in [-0.25, -0.2) is 9.78 Å². The van der Waals surface area contributed by atoms with Gasteiger partial charge in [-0.1, -0.05) is 12.1 Å². The van der Waals surface area contributed by atoms with E-state index in [2.05, 4.69) is 21.3 Å². The predicted molar refractivity (Wildman–Crippen MR) is 102 cm³/mol. The van der Waals surface area contributed by atoms with Gasteiger partial charge in [0, 0.05) is 24.2 Å². The fraction of sp³-hybridized carbons (Fsp3) is 0.250. The molecule has 0 saturated carbocycles. The zero-order valence-electron chi connectivity index (χ0n) is 14.6. The van der Waals surface area contributed by atoms with E-state index in [-0.39, 0.29) is 5.97 Å². The highest BCUT2D eigenvalue weighted by Crippen LogP contribution is 2.28. The Morgan fingerprint density at radius 3 is 2.50 bits per heavy atom. The second kappa shape index (κ2) is 7.00. The van der Waals surface area contributed by atoms with E-state index in [4.69, 9.17) is 9.72 Å². The molecular formula is C20H20N4O2. The molecule has 2 heterocycles. The minimum atomic E-state index is -0.352. The molecule has 1 fully saturated rings. The third-order valence-electron chi connectivity index (χ3n) is 4.55. The maximum absolute atomic E-state index is 11.5. The van der Waals surface area contributed by atoms with Crippen LogP contribution in [-0.2, 0) is 4.74 Å². The first-order valence-corrected chi connectivity index (χ1v) is 8.72. The lowest BCUT2D eigenvalue weighted by molar-refractivity contribution is 0.0601. The van der Waals surface area contributed by atoms with Crippen LogP contribution >= 0.6 is 0 Å². The average molecular weight is 348 g/mol. The molecule has 0 bridgehead atoms. The molecule has 1 aromatic heterocycles. The van der Waals surface area contributed by atoms with E-state index < -0.39 is 0 Å². The van der Waals surface area contributed by atoms with Crippen LogP contribution < -0.4 is 10.2 Å². The second-order valence-corrected chi connectivity index (χ2v) is 6.28. The summed E-state index contributed by atoms with van der Waals surface area (Å²) >= 11 is 0. The van der Waals surface area contributed by atoms with Crippen LogP contribution in [-0.4, -0.2) is 36.1 Å². The highest BCUT2D eigenvalue weighted by Gasteiger charge is 2.18. The van der Waals surface area contributed by atoms with E-state index in [0.29, 0.717) is 11.5 Å². The largest absolute Gasteiger partial charge is 0.465 e. The van der Waals surface area contributed by atoms with Crippen LogP contribution in [0.3, 0.4) is 0 Å². The van der Waals surface area contributed by atoms with Crippen LogP contribution in [0.2, 0.25) is 0 Å². The summed E-state index contributed by atoms with van der Waals surface area (Å²) in [6.45, 7) is 2.04. The third kappa shape index (κ3) is 3.18. The number of nitrogens with one attached hydrogen (secondary N) is 1. The van der Waals surface area contributed by atoms with Crippen molar-refractivity contribution in [1.29, 1.82) is 0 Å². The normalized spacial score (nSPS) is 13.8. The van der Waals surface area contributed by atoms with Crippen molar-refractivity contribution in [3.8, 4) is 0 Å². The summed E-state index contributed by atoms with van der Waals surface area (Å²) in [4.78, 5) is 23.3. The molecular weight excluding hydrogens is 328 g/mol. The van der Waals surface area contributed by atoms with Gasteiger partial charge in [-0.3, -0.25) is 0 Å². The second-order valence-electron chi connectivity index (χ2n) is 6.28. The van der Waals surface area contributed by atoms with Crippen molar-refractivity contribution in [2.24, 2.45) is 0 Å². The summed E-state index contributed by atoms with van der Waals surface area (Å²) < 4.78 is 4.73. The molecule has 1 aliphatic heterocycles. The van der Waals surface area contributed by atoms with Gasteiger partial charge >= 0.3 is 5.97 Å². The Labute approximate surface area is 151 Å². The van der Waals surface area contributed by atoms with Gasteiger partial charge in [0.1, 0.15) is 5.82 Å². The zero-order valence-corrected chi connectivity index (χ0v) is 14.6. The fourth-order valence-corrected chi connectivity index (χ4v) is 3.22. The van der Waals surface area contributed by atoms with Crippen LogP contribution in [0.1, 0.15) is 23.2 Å². The van der Waals surface area contributed by atoms with Crippen molar-refractivity contribution in [2.45, 2.75) is 12.8 Å². The van der Waals surface area contributed by atoms with Gasteiger partial charge in [0.15, 0.2) is 0 Å². The monoisotopic (exact) mass is 348 g/mol. The molecule has 0 aliphatic carbocycles. The first-order valence-electron chi connectivity index (χ1n) is 8.72. The minimum Gasteiger partial charge on any atom is -0.465 e. The first kappa shape index (κ1) is 16.3. The Morgan fingerprint density at radius 1 is 1.04 bits per heavy atom.